The fourth-order valence-electron chi connectivity index (χ4n) is 1.10. The predicted octanol–water partition coefficient (Wildman–Crippen LogP) is 0.873. The van der Waals surface area contributed by atoms with Gasteiger partial charge < -0.3 is 11.5 Å². The van der Waals surface area contributed by atoms with Crippen molar-refractivity contribution >= 4 is 23.4 Å². The van der Waals surface area contributed by atoms with Crippen LogP contribution in [0.3, 0.4) is 0 Å². The molecule has 3 nitrogen and oxygen atoms in total. The average molecular weight is 232 g/mol. The van der Waals surface area contributed by atoms with Gasteiger partial charge in [0.25, 0.3) is 0 Å². The van der Waals surface area contributed by atoms with Gasteiger partial charge in [-0.2, -0.15) is 0 Å². The van der Waals surface area contributed by atoms with E-state index < -0.39 is 22.8 Å². The van der Waals surface area contributed by atoms with Crippen LogP contribution in [0.15, 0.2) is 12.1 Å². The summed E-state index contributed by atoms with van der Waals surface area (Å²) in [5.41, 5.74) is 11.2. The molecular formula is C9H10F2N2OS. The number of carbonyl (C=O) groups excluding carboxylic acids is 1. The SMILES string of the molecule is Nc1cc(F)c(F)cc1C[C@H](N)C(=O)S. The highest BCUT2D eigenvalue weighted by molar-refractivity contribution is 7.96. The van der Waals surface area contributed by atoms with Crippen LogP contribution in [0.2, 0.25) is 0 Å². The summed E-state index contributed by atoms with van der Waals surface area (Å²) in [4.78, 5) is 10.7. The fraction of sp³-hybridized carbons (Fsp3) is 0.222. The minimum absolute atomic E-state index is 0.0331. The van der Waals surface area contributed by atoms with E-state index in [4.69, 9.17) is 11.5 Å². The molecule has 0 bridgehead atoms. The Morgan fingerprint density at radius 1 is 1.40 bits per heavy atom. The van der Waals surface area contributed by atoms with Gasteiger partial charge in [-0.1, -0.05) is 0 Å². The van der Waals surface area contributed by atoms with E-state index in [1.165, 1.54) is 0 Å². The van der Waals surface area contributed by atoms with Gasteiger partial charge in [-0.15, -0.1) is 12.6 Å². The van der Waals surface area contributed by atoms with Crippen molar-refractivity contribution in [2.24, 2.45) is 5.73 Å². The van der Waals surface area contributed by atoms with Crippen LogP contribution in [-0.4, -0.2) is 11.2 Å². The van der Waals surface area contributed by atoms with Gasteiger partial charge in [0, 0.05) is 11.8 Å². The summed E-state index contributed by atoms with van der Waals surface area (Å²) in [5.74, 6) is -2.04. The lowest BCUT2D eigenvalue weighted by atomic mass is 10.1. The number of nitrogens with two attached hydrogens (primary N) is 2. The molecule has 6 heteroatoms. The number of halogens is 2. The van der Waals surface area contributed by atoms with E-state index >= 15 is 0 Å². The molecule has 4 N–H and O–H groups in total. The number of anilines is 1. The highest BCUT2D eigenvalue weighted by Gasteiger charge is 2.14. The number of thiol groups is 1. The van der Waals surface area contributed by atoms with Crippen LogP contribution >= 0.6 is 12.6 Å². The van der Waals surface area contributed by atoms with Crippen molar-refractivity contribution in [2.45, 2.75) is 12.5 Å². The van der Waals surface area contributed by atoms with Gasteiger partial charge in [-0.3, -0.25) is 4.79 Å². The second kappa shape index (κ2) is 4.59. The molecule has 0 fully saturated rings. The van der Waals surface area contributed by atoms with Gasteiger partial charge in [0.05, 0.1) is 6.04 Å². The third-order valence-electron chi connectivity index (χ3n) is 1.94. The lowest BCUT2D eigenvalue weighted by molar-refractivity contribution is -0.111. The van der Waals surface area contributed by atoms with Crippen LogP contribution < -0.4 is 11.5 Å². The van der Waals surface area contributed by atoms with Crippen molar-refractivity contribution in [2.75, 3.05) is 5.73 Å². The van der Waals surface area contributed by atoms with Gasteiger partial charge >= 0.3 is 0 Å². The highest BCUT2D eigenvalue weighted by atomic mass is 32.1. The first-order valence-corrected chi connectivity index (χ1v) is 4.58. The summed E-state index contributed by atoms with van der Waals surface area (Å²) in [6.07, 6.45) is 0.0331. The van der Waals surface area contributed by atoms with Crippen LogP contribution in [-0.2, 0) is 11.2 Å². The van der Waals surface area contributed by atoms with E-state index in [0.29, 0.717) is 5.56 Å². The second-order valence-electron chi connectivity index (χ2n) is 3.11. The quantitative estimate of drug-likeness (QED) is 0.535. The van der Waals surface area contributed by atoms with E-state index in [1.807, 2.05) is 0 Å². The predicted molar refractivity (Wildman–Crippen MR) is 56.4 cm³/mol. The fourth-order valence-corrected chi connectivity index (χ4v) is 1.20. The molecule has 0 saturated heterocycles. The molecule has 1 aromatic carbocycles. The third-order valence-corrected chi connectivity index (χ3v) is 2.27. The Kier molecular flexibility index (Phi) is 3.65. The molecular weight excluding hydrogens is 222 g/mol. The monoisotopic (exact) mass is 232 g/mol. The van der Waals surface area contributed by atoms with Gasteiger partial charge in [0.15, 0.2) is 11.6 Å². The molecule has 15 heavy (non-hydrogen) atoms. The molecule has 0 radical (unpaired) electrons. The van der Waals surface area contributed by atoms with E-state index in [2.05, 4.69) is 12.6 Å². The summed E-state index contributed by atoms with van der Waals surface area (Å²) >= 11 is 3.53. The van der Waals surface area contributed by atoms with E-state index in [0.717, 1.165) is 12.1 Å². The molecule has 1 rings (SSSR count). The molecule has 0 heterocycles. The van der Waals surface area contributed by atoms with Crippen molar-refractivity contribution in [3.63, 3.8) is 0 Å². The lowest BCUT2D eigenvalue weighted by Crippen LogP contribution is -2.29. The van der Waals surface area contributed by atoms with E-state index in [1.54, 1.807) is 0 Å². The van der Waals surface area contributed by atoms with Crippen molar-refractivity contribution in [3.05, 3.63) is 29.3 Å². The largest absolute Gasteiger partial charge is 0.398 e. The van der Waals surface area contributed by atoms with Crippen molar-refractivity contribution < 1.29 is 13.6 Å². The Morgan fingerprint density at radius 2 is 1.93 bits per heavy atom. The Hall–Kier alpha value is -1.14. The highest BCUT2D eigenvalue weighted by Crippen LogP contribution is 2.18. The zero-order chi connectivity index (χ0) is 11.6. The van der Waals surface area contributed by atoms with E-state index in [-0.39, 0.29) is 12.1 Å². The molecule has 1 atom stereocenters. The summed E-state index contributed by atoms with van der Waals surface area (Å²) in [6.45, 7) is 0. The molecule has 0 aromatic heterocycles. The Bertz CT molecular complexity index is 398. The van der Waals surface area contributed by atoms with Gasteiger partial charge in [0.2, 0.25) is 5.12 Å². The van der Waals surface area contributed by atoms with Crippen molar-refractivity contribution in [1.82, 2.24) is 0 Å². The minimum atomic E-state index is -1.03. The van der Waals surface area contributed by atoms with Gasteiger partial charge in [-0.05, 0) is 18.1 Å². The summed E-state index contributed by atoms with van der Waals surface area (Å²) in [5, 5.41) is -0.529. The molecule has 0 unspecified atom stereocenters. The minimum Gasteiger partial charge on any atom is -0.398 e. The third kappa shape index (κ3) is 2.90. The van der Waals surface area contributed by atoms with Crippen LogP contribution in [0.4, 0.5) is 14.5 Å². The zero-order valence-electron chi connectivity index (χ0n) is 7.71. The Balaban J connectivity index is 2.95. The summed E-state index contributed by atoms with van der Waals surface area (Å²) in [6, 6.07) is 0.919. The normalized spacial score (nSPS) is 12.5. The van der Waals surface area contributed by atoms with Gasteiger partial charge in [0.1, 0.15) is 0 Å². The first-order valence-electron chi connectivity index (χ1n) is 4.13. The number of carbonyl (C=O) groups is 1. The molecule has 0 aliphatic rings. The molecule has 0 amide bonds. The van der Waals surface area contributed by atoms with Crippen LogP contribution in [0.1, 0.15) is 5.56 Å². The number of hydrogen-bond donors (Lipinski definition) is 3. The molecule has 0 spiro atoms. The number of benzene rings is 1. The maximum Gasteiger partial charge on any atom is 0.202 e. The number of rotatable bonds is 3. The van der Waals surface area contributed by atoms with E-state index in [9.17, 15) is 13.6 Å². The number of hydrogen-bond acceptors (Lipinski definition) is 3. The average Bonchev–Trinajstić information content (AvgIpc) is 2.13. The Labute approximate surface area is 90.9 Å². The number of nitrogen functional groups attached to an aromatic ring is 1. The van der Waals surface area contributed by atoms with Crippen molar-refractivity contribution in [3.8, 4) is 0 Å². The standard InChI is InChI=1S/C9H10F2N2OS/c10-5-1-4(2-8(13)9(14)15)7(12)3-6(5)11/h1,3,8H,2,12-13H2,(H,14,15)/t8-/m0/s1. The second-order valence-corrected chi connectivity index (χ2v) is 3.55. The van der Waals surface area contributed by atoms with Crippen molar-refractivity contribution in [1.29, 1.82) is 0 Å². The lowest BCUT2D eigenvalue weighted by Gasteiger charge is -2.10. The van der Waals surface area contributed by atoms with Gasteiger partial charge in [-0.25, -0.2) is 8.78 Å². The zero-order valence-corrected chi connectivity index (χ0v) is 8.60. The topological polar surface area (TPSA) is 69.1 Å². The maximum absolute atomic E-state index is 12.8. The smallest absolute Gasteiger partial charge is 0.202 e. The summed E-state index contributed by atoms with van der Waals surface area (Å²) < 4.78 is 25.5. The van der Waals surface area contributed by atoms with Crippen LogP contribution in [0, 0.1) is 11.6 Å². The first kappa shape index (κ1) is 11.9. The molecule has 0 saturated carbocycles. The Morgan fingerprint density at radius 3 is 2.47 bits per heavy atom. The van der Waals surface area contributed by atoms with Crippen LogP contribution in [0.25, 0.3) is 0 Å². The molecule has 82 valence electrons. The van der Waals surface area contributed by atoms with Crippen LogP contribution in [0.5, 0.6) is 0 Å². The molecule has 0 aliphatic heterocycles. The summed E-state index contributed by atoms with van der Waals surface area (Å²) in [7, 11) is 0. The molecule has 0 aliphatic carbocycles. The first-order chi connectivity index (χ1) is 6.91. The maximum atomic E-state index is 12.8. The molecule has 1 aromatic rings.